The van der Waals surface area contributed by atoms with Crippen LogP contribution in [-0.4, -0.2) is 72.2 Å². The van der Waals surface area contributed by atoms with E-state index in [4.69, 9.17) is 9.47 Å². The number of halogens is 1. The number of benzene rings is 1. The Morgan fingerprint density at radius 1 is 1.39 bits per heavy atom. The van der Waals surface area contributed by atoms with E-state index in [0.29, 0.717) is 56.5 Å². The number of morpholine rings is 1. The van der Waals surface area contributed by atoms with E-state index in [1.807, 2.05) is 4.90 Å². The van der Waals surface area contributed by atoms with E-state index in [1.165, 1.54) is 18.5 Å². The van der Waals surface area contributed by atoms with Crippen molar-refractivity contribution < 1.29 is 18.7 Å². The van der Waals surface area contributed by atoms with Gasteiger partial charge in [-0.25, -0.2) is 14.2 Å². The number of carbonyl (C=O) groups is 1. The van der Waals surface area contributed by atoms with Gasteiger partial charge in [0.25, 0.3) is 0 Å². The zero-order valence-electron chi connectivity index (χ0n) is 15.6. The maximum atomic E-state index is 13.9. The number of urea groups is 1. The van der Waals surface area contributed by atoms with Gasteiger partial charge in [-0.1, -0.05) is 0 Å². The first kappa shape index (κ1) is 18.6. The largest absolute Gasteiger partial charge is 0.380 e. The van der Waals surface area contributed by atoms with Crippen molar-refractivity contribution in [2.45, 2.75) is 18.6 Å². The average Bonchev–Trinajstić information content (AvgIpc) is 3.39. The first-order valence-corrected chi connectivity index (χ1v) is 9.23. The molecule has 3 heterocycles. The standard InChI is InChI=1S/C18H23FN6O3/c1-27-13-9-16(17-20-11-21-23-17)25(10-13)18(26)22-14-3-2-12(19)8-15(14)24-4-6-28-7-5-24/h2-3,8,11,13,16H,4-7,9-10H2,1H3,(H,22,26)(H,20,21,23)/t13-,16+/m1/s1. The lowest BCUT2D eigenvalue weighted by Gasteiger charge is -2.31. The molecule has 1 aromatic carbocycles. The van der Waals surface area contributed by atoms with Crippen molar-refractivity contribution in [2.24, 2.45) is 0 Å². The number of likely N-dealkylation sites (tertiary alicyclic amines) is 1. The minimum absolute atomic E-state index is 0.0900. The van der Waals surface area contributed by atoms with Crippen LogP contribution in [0.4, 0.5) is 20.6 Å². The molecular weight excluding hydrogens is 367 g/mol. The molecule has 2 aliphatic heterocycles. The number of hydrogen-bond acceptors (Lipinski definition) is 6. The predicted molar refractivity (Wildman–Crippen MR) is 99.7 cm³/mol. The molecule has 2 N–H and O–H groups in total. The molecule has 2 fully saturated rings. The number of aromatic nitrogens is 3. The van der Waals surface area contributed by atoms with Gasteiger partial charge >= 0.3 is 6.03 Å². The number of nitrogens with one attached hydrogen (secondary N) is 2. The van der Waals surface area contributed by atoms with Crippen molar-refractivity contribution in [3.05, 3.63) is 36.2 Å². The minimum Gasteiger partial charge on any atom is -0.380 e. The van der Waals surface area contributed by atoms with Crippen molar-refractivity contribution >= 4 is 17.4 Å². The quantitative estimate of drug-likeness (QED) is 0.826. The normalized spacial score (nSPS) is 22.5. The molecule has 4 rings (SSSR count). The summed E-state index contributed by atoms with van der Waals surface area (Å²) in [5.41, 5.74) is 1.21. The predicted octanol–water partition coefficient (Wildman–Crippen LogP) is 1.77. The lowest BCUT2D eigenvalue weighted by Crippen LogP contribution is -2.38. The van der Waals surface area contributed by atoms with Crippen LogP contribution in [-0.2, 0) is 9.47 Å². The van der Waals surface area contributed by atoms with Crippen molar-refractivity contribution in [1.82, 2.24) is 20.1 Å². The van der Waals surface area contributed by atoms with Crippen molar-refractivity contribution in [2.75, 3.05) is 50.2 Å². The van der Waals surface area contributed by atoms with Crippen molar-refractivity contribution in [1.29, 1.82) is 0 Å². The zero-order chi connectivity index (χ0) is 19.5. The van der Waals surface area contributed by atoms with Gasteiger partial charge in [-0.15, -0.1) is 0 Å². The van der Waals surface area contributed by atoms with E-state index in [9.17, 15) is 9.18 Å². The van der Waals surface area contributed by atoms with Gasteiger partial charge in [0.2, 0.25) is 0 Å². The van der Waals surface area contributed by atoms with Gasteiger partial charge in [0.05, 0.1) is 36.7 Å². The van der Waals surface area contributed by atoms with Crippen LogP contribution in [0.1, 0.15) is 18.3 Å². The molecule has 0 bridgehead atoms. The van der Waals surface area contributed by atoms with E-state index >= 15 is 0 Å². The molecule has 0 spiro atoms. The molecule has 2 saturated heterocycles. The summed E-state index contributed by atoms with van der Waals surface area (Å²) in [6.07, 6.45) is 1.95. The fourth-order valence-electron chi connectivity index (χ4n) is 3.69. The highest BCUT2D eigenvalue weighted by molar-refractivity contribution is 5.93. The third-order valence-electron chi connectivity index (χ3n) is 5.16. The Morgan fingerprint density at radius 3 is 2.93 bits per heavy atom. The minimum atomic E-state index is -0.348. The van der Waals surface area contributed by atoms with Gasteiger partial charge < -0.3 is 24.6 Å². The monoisotopic (exact) mass is 390 g/mol. The van der Waals surface area contributed by atoms with Crippen molar-refractivity contribution in [3.8, 4) is 0 Å². The molecule has 2 atom stereocenters. The summed E-state index contributed by atoms with van der Waals surface area (Å²) in [6.45, 7) is 2.85. The second-order valence-corrected chi connectivity index (χ2v) is 6.82. The van der Waals surface area contributed by atoms with Gasteiger partial charge in [-0.2, -0.15) is 5.10 Å². The highest BCUT2D eigenvalue weighted by Gasteiger charge is 2.38. The first-order chi connectivity index (χ1) is 13.7. The topological polar surface area (TPSA) is 95.6 Å². The third kappa shape index (κ3) is 3.78. The Morgan fingerprint density at radius 2 is 2.21 bits per heavy atom. The van der Waals surface area contributed by atoms with E-state index in [-0.39, 0.29) is 24.0 Å². The van der Waals surface area contributed by atoms with Gasteiger partial charge in [0.1, 0.15) is 18.0 Å². The van der Waals surface area contributed by atoms with E-state index in [2.05, 4.69) is 20.5 Å². The Bertz CT molecular complexity index is 812. The molecule has 9 nitrogen and oxygen atoms in total. The summed E-state index contributed by atoms with van der Waals surface area (Å²) in [6, 6.07) is 3.82. The second-order valence-electron chi connectivity index (χ2n) is 6.82. The highest BCUT2D eigenvalue weighted by atomic mass is 19.1. The van der Waals surface area contributed by atoms with Crippen LogP contribution in [0.25, 0.3) is 0 Å². The van der Waals surface area contributed by atoms with Crippen LogP contribution in [0, 0.1) is 5.82 Å². The lowest BCUT2D eigenvalue weighted by atomic mass is 10.2. The fraction of sp³-hybridized carbons (Fsp3) is 0.500. The average molecular weight is 390 g/mol. The number of amides is 2. The smallest absolute Gasteiger partial charge is 0.322 e. The number of nitrogens with zero attached hydrogens (tertiary/aromatic N) is 4. The molecule has 0 saturated carbocycles. The number of hydrogen-bond donors (Lipinski definition) is 2. The van der Waals surface area contributed by atoms with Gasteiger partial charge in [0.15, 0.2) is 0 Å². The van der Waals surface area contributed by atoms with Crippen LogP contribution >= 0.6 is 0 Å². The number of carbonyl (C=O) groups excluding carboxylic acids is 1. The summed E-state index contributed by atoms with van der Waals surface area (Å²) >= 11 is 0. The summed E-state index contributed by atoms with van der Waals surface area (Å²) < 4.78 is 24.7. The van der Waals surface area contributed by atoms with Crippen LogP contribution in [0.15, 0.2) is 24.5 Å². The number of ether oxygens (including phenoxy) is 2. The maximum Gasteiger partial charge on any atom is 0.322 e. The van der Waals surface area contributed by atoms with Crippen LogP contribution in [0.3, 0.4) is 0 Å². The Hall–Kier alpha value is -2.72. The number of methoxy groups -OCH3 is 1. The molecule has 2 aliphatic rings. The van der Waals surface area contributed by atoms with Gasteiger partial charge in [-0.3, -0.25) is 5.10 Å². The molecular formula is C18H23FN6O3. The third-order valence-corrected chi connectivity index (χ3v) is 5.16. The number of rotatable bonds is 4. The molecule has 0 aliphatic carbocycles. The molecule has 2 amide bonds. The van der Waals surface area contributed by atoms with E-state index < -0.39 is 0 Å². The number of anilines is 2. The second kappa shape index (κ2) is 8.11. The highest BCUT2D eigenvalue weighted by Crippen LogP contribution is 2.33. The molecule has 2 aromatic rings. The van der Waals surface area contributed by atoms with E-state index in [1.54, 1.807) is 18.1 Å². The molecule has 10 heteroatoms. The summed E-state index contributed by atoms with van der Waals surface area (Å²) in [7, 11) is 1.63. The van der Waals surface area contributed by atoms with Crippen molar-refractivity contribution in [3.63, 3.8) is 0 Å². The summed E-state index contributed by atoms with van der Waals surface area (Å²) in [4.78, 5) is 20.9. The summed E-state index contributed by atoms with van der Waals surface area (Å²) in [5.74, 6) is 0.266. The molecule has 0 radical (unpaired) electrons. The molecule has 0 unspecified atom stereocenters. The lowest BCUT2D eigenvalue weighted by molar-refractivity contribution is 0.111. The van der Waals surface area contributed by atoms with E-state index in [0.717, 1.165) is 0 Å². The maximum absolute atomic E-state index is 13.9. The fourth-order valence-corrected chi connectivity index (χ4v) is 3.69. The van der Waals surface area contributed by atoms with Crippen LogP contribution in [0.2, 0.25) is 0 Å². The van der Waals surface area contributed by atoms with Crippen LogP contribution < -0.4 is 10.2 Å². The molecule has 150 valence electrons. The Balaban J connectivity index is 1.55. The Kier molecular flexibility index (Phi) is 5.40. The number of aromatic amines is 1. The number of H-pyrrole nitrogens is 1. The van der Waals surface area contributed by atoms with Gasteiger partial charge in [0, 0.05) is 33.2 Å². The zero-order valence-corrected chi connectivity index (χ0v) is 15.6. The SMILES string of the molecule is CO[C@@H]1C[C@@H](c2ncn[nH]2)N(C(=O)Nc2ccc(F)cc2N2CCOCC2)C1. The first-order valence-electron chi connectivity index (χ1n) is 9.23. The summed E-state index contributed by atoms with van der Waals surface area (Å²) in [5, 5.41) is 9.65. The molecule has 28 heavy (non-hydrogen) atoms. The molecule has 1 aromatic heterocycles. The van der Waals surface area contributed by atoms with Crippen LogP contribution in [0.5, 0.6) is 0 Å². The van der Waals surface area contributed by atoms with Gasteiger partial charge in [-0.05, 0) is 18.2 Å². The Labute approximate surface area is 161 Å².